The van der Waals surface area contributed by atoms with Gasteiger partial charge in [0.25, 0.3) is 0 Å². The Morgan fingerprint density at radius 3 is 2.40 bits per heavy atom. The maximum atomic E-state index is 13.5. The lowest BCUT2D eigenvalue weighted by Crippen LogP contribution is -2.60. The molecule has 9 nitrogen and oxygen atoms in total. The Kier molecular flexibility index (Phi) is 6.03. The first-order valence-electron chi connectivity index (χ1n) is 10.6. The standard InChI is InChI=1S/C21H30N6O3/c1-2-24-12-16(20(29)26-10-8-25(9-11-26)14-18(22)28)19-17(13-24)21(30)27(23-19)15-6-4-3-5-7-15/h3-7,16-17,19,23H,2,8-14H2,1H3,(H2,22,28). The number of para-hydroxylation sites is 1. The molecule has 0 aliphatic carbocycles. The van der Waals surface area contributed by atoms with E-state index in [0.717, 1.165) is 12.2 Å². The summed E-state index contributed by atoms with van der Waals surface area (Å²) >= 11 is 0. The average Bonchev–Trinajstić information content (AvgIpc) is 3.10. The van der Waals surface area contributed by atoms with E-state index in [1.165, 1.54) is 0 Å². The van der Waals surface area contributed by atoms with Crippen LogP contribution >= 0.6 is 0 Å². The van der Waals surface area contributed by atoms with E-state index in [2.05, 4.69) is 17.2 Å². The van der Waals surface area contributed by atoms with Crippen molar-refractivity contribution in [2.75, 3.05) is 57.4 Å². The number of hydrogen-bond acceptors (Lipinski definition) is 6. The summed E-state index contributed by atoms with van der Waals surface area (Å²) in [5.74, 6) is -0.781. The molecule has 1 aromatic rings. The summed E-state index contributed by atoms with van der Waals surface area (Å²) in [7, 11) is 0. The summed E-state index contributed by atoms with van der Waals surface area (Å²) in [6, 6.07) is 9.30. The molecule has 3 fully saturated rings. The van der Waals surface area contributed by atoms with E-state index in [4.69, 9.17) is 5.73 Å². The molecule has 4 rings (SSSR count). The van der Waals surface area contributed by atoms with Crippen LogP contribution in [0.4, 0.5) is 5.69 Å². The van der Waals surface area contributed by atoms with Crippen LogP contribution in [0.25, 0.3) is 0 Å². The number of fused-ring (bicyclic) bond motifs is 1. The number of carbonyl (C=O) groups excluding carboxylic acids is 3. The highest BCUT2D eigenvalue weighted by Gasteiger charge is 2.51. The predicted octanol–water partition coefficient (Wildman–Crippen LogP) is -0.896. The molecule has 3 aliphatic rings. The first-order chi connectivity index (χ1) is 14.5. The molecule has 0 aromatic heterocycles. The number of anilines is 1. The van der Waals surface area contributed by atoms with E-state index < -0.39 is 0 Å². The first kappa shape index (κ1) is 20.8. The van der Waals surface area contributed by atoms with Gasteiger partial charge in [-0.1, -0.05) is 25.1 Å². The fourth-order valence-electron chi connectivity index (χ4n) is 4.78. The van der Waals surface area contributed by atoms with Gasteiger partial charge in [-0.3, -0.25) is 19.3 Å². The minimum Gasteiger partial charge on any atom is -0.369 e. The normalized spacial score (nSPS) is 27.9. The van der Waals surface area contributed by atoms with Crippen LogP contribution in [-0.2, 0) is 14.4 Å². The summed E-state index contributed by atoms with van der Waals surface area (Å²) in [4.78, 5) is 43.8. The molecular formula is C21H30N6O3. The Bertz CT molecular complexity index is 795. The highest BCUT2D eigenvalue weighted by molar-refractivity contribution is 5.98. The Labute approximate surface area is 176 Å². The van der Waals surface area contributed by atoms with Gasteiger partial charge in [-0.05, 0) is 18.7 Å². The molecular weight excluding hydrogens is 384 g/mol. The van der Waals surface area contributed by atoms with Gasteiger partial charge in [0, 0.05) is 39.3 Å². The number of piperazine rings is 1. The first-order valence-corrected chi connectivity index (χ1v) is 10.6. The summed E-state index contributed by atoms with van der Waals surface area (Å²) in [5.41, 5.74) is 9.43. The summed E-state index contributed by atoms with van der Waals surface area (Å²) in [5, 5.41) is 1.61. The average molecular weight is 415 g/mol. The van der Waals surface area contributed by atoms with E-state index in [9.17, 15) is 14.4 Å². The maximum absolute atomic E-state index is 13.5. The van der Waals surface area contributed by atoms with Gasteiger partial charge in [0.15, 0.2) is 0 Å². The van der Waals surface area contributed by atoms with Crippen molar-refractivity contribution in [3.63, 3.8) is 0 Å². The number of amides is 3. The summed E-state index contributed by atoms with van der Waals surface area (Å²) in [6.45, 7) is 6.80. The third-order valence-corrected chi connectivity index (χ3v) is 6.43. The second kappa shape index (κ2) is 8.71. The van der Waals surface area contributed by atoms with Crippen LogP contribution in [0.2, 0.25) is 0 Å². The lowest BCUT2D eigenvalue weighted by Gasteiger charge is -2.42. The van der Waals surface area contributed by atoms with Gasteiger partial charge in [0.05, 0.1) is 30.1 Å². The lowest BCUT2D eigenvalue weighted by atomic mass is 9.83. The van der Waals surface area contributed by atoms with Crippen molar-refractivity contribution in [3.05, 3.63) is 30.3 Å². The van der Waals surface area contributed by atoms with Gasteiger partial charge in [-0.2, -0.15) is 0 Å². The molecule has 30 heavy (non-hydrogen) atoms. The number of benzene rings is 1. The van der Waals surface area contributed by atoms with Crippen LogP contribution in [-0.4, -0.2) is 90.8 Å². The molecule has 3 unspecified atom stereocenters. The Balaban J connectivity index is 1.49. The zero-order valence-corrected chi connectivity index (χ0v) is 17.4. The molecule has 0 bridgehead atoms. The van der Waals surface area contributed by atoms with E-state index in [0.29, 0.717) is 39.3 Å². The van der Waals surface area contributed by atoms with Crippen LogP contribution in [0.15, 0.2) is 30.3 Å². The van der Waals surface area contributed by atoms with Crippen molar-refractivity contribution in [1.29, 1.82) is 0 Å². The molecule has 9 heteroatoms. The molecule has 0 spiro atoms. The van der Waals surface area contributed by atoms with Gasteiger partial charge >= 0.3 is 0 Å². The number of hydrogen-bond donors (Lipinski definition) is 2. The second-order valence-electron chi connectivity index (χ2n) is 8.30. The molecule has 3 heterocycles. The van der Waals surface area contributed by atoms with E-state index in [1.807, 2.05) is 40.1 Å². The number of nitrogens with zero attached hydrogens (tertiary/aromatic N) is 4. The Morgan fingerprint density at radius 1 is 1.07 bits per heavy atom. The monoisotopic (exact) mass is 414 g/mol. The molecule has 0 saturated carbocycles. The van der Waals surface area contributed by atoms with Gasteiger partial charge in [0.1, 0.15) is 0 Å². The molecule has 3 saturated heterocycles. The number of carbonyl (C=O) groups is 3. The molecule has 1 aromatic carbocycles. The van der Waals surface area contributed by atoms with E-state index in [1.54, 1.807) is 5.01 Å². The SMILES string of the molecule is CCN1CC(C(=O)N2CCN(CC(N)=O)CC2)C2NN(c3ccccc3)C(=O)C2C1. The fourth-order valence-corrected chi connectivity index (χ4v) is 4.78. The van der Waals surface area contributed by atoms with Crippen molar-refractivity contribution >= 4 is 23.4 Å². The Hall–Kier alpha value is -2.49. The number of hydrazine groups is 1. The topological polar surface area (TPSA) is 102 Å². The third-order valence-electron chi connectivity index (χ3n) is 6.43. The van der Waals surface area contributed by atoms with Crippen molar-refractivity contribution in [1.82, 2.24) is 20.1 Å². The minimum absolute atomic E-state index is 0.0217. The molecule has 3 amide bonds. The smallest absolute Gasteiger partial charge is 0.247 e. The number of rotatable bonds is 5. The molecule has 0 radical (unpaired) electrons. The number of nitrogens with two attached hydrogens (primary N) is 1. The van der Waals surface area contributed by atoms with Gasteiger partial charge in [-0.15, -0.1) is 0 Å². The van der Waals surface area contributed by atoms with Crippen molar-refractivity contribution in [2.24, 2.45) is 17.6 Å². The fraction of sp³-hybridized carbons (Fsp3) is 0.571. The molecule has 3 atom stereocenters. The zero-order valence-electron chi connectivity index (χ0n) is 17.4. The van der Waals surface area contributed by atoms with E-state index >= 15 is 0 Å². The molecule has 3 N–H and O–H groups in total. The van der Waals surface area contributed by atoms with Crippen molar-refractivity contribution in [3.8, 4) is 0 Å². The highest BCUT2D eigenvalue weighted by Crippen LogP contribution is 2.32. The maximum Gasteiger partial charge on any atom is 0.247 e. The summed E-state index contributed by atoms with van der Waals surface area (Å²) in [6.07, 6.45) is 0. The quantitative estimate of drug-likeness (QED) is 0.648. The van der Waals surface area contributed by atoms with Gasteiger partial charge in [0.2, 0.25) is 17.7 Å². The zero-order chi connectivity index (χ0) is 21.3. The second-order valence-corrected chi connectivity index (χ2v) is 8.30. The predicted molar refractivity (Wildman–Crippen MR) is 112 cm³/mol. The largest absolute Gasteiger partial charge is 0.369 e. The van der Waals surface area contributed by atoms with Crippen molar-refractivity contribution in [2.45, 2.75) is 13.0 Å². The number of primary amides is 1. The highest BCUT2D eigenvalue weighted by atomic mass is 16.2. The van der Waals surface area contributed by atoms with Crippen molar-refractivity contribution < 1.29 is 14.4 Å². The van der Waals surface area contributed by atoms with Crippen LogP contribution in [0.3, 0.4) is 0 Å². The lowest BCUT2D eigenvalue weighted by molar-refractivity contribution is -0.141. The van der Waals surface area contributed by atoms with Crippen LogP contribution in [0.5, 0.6) is 0 Å². The van der Waals surface area contributed by atoms with Gasteiger partial charge < -0.3 is 15.5 Å². The van der Waals surface area contributed by atoms with Gasteiger partial charge in [-0.25, -0.2) is 10.4 Å². The Morgan fingerprint density at radius 2 is 1.77 bits per heavy atom. The minimum atomic E-state index is -0.349. The number of nitrogens with one attached hydrogen (secondary N) is 1. The van der Waals surface area contributed by atoms with Crippen LogP contribution in [0.1, 0.15) is 6.92 Å². The molecule has 162 valence electrons. The van der Waals surface area contributed by atoms with E-state index in [-0.39, 0.29) is 42.1 Å². The van der Waals surface area contributed by atoms with Crippen LogP contribution in [0, 0.1) is 11.8 Å². The molecule has 3 aliphatic heterocycles. The number of likely N-dealkylation sites (tertiary alicyclic amines) is 1. The summed E-state index contributed by atoms with van der Waals surface area (Å²) < 4.78 is 0. The third kappa shape index (κ3) is 4.05. The number of piperidine rings is 1. The van der Waals surface area contributed by atoms with Crippen LogP contribution < -0.4 is 16.2 Å².